The third-order valence-electron chi connectivity index (χ3n) is 5.67. The molecule has 0 saturated heterocycles. The molecule has 1 amide bonds. The Labute approximate surface area is 167 Å². The smallest absolute Gasteiger partial charge is 0.416 e. The summed E-state index contributed by atoms with van der Waals surface area (Å²) in [6.45, 7) is 5.28. The normalized spacial score (nSPS) is 16.5. The van der Waals surface area contributed by atoms with E-state index in [1.807, 2.05) is 32.0 Å². The van der Waals surface area contributed by atoms with Gasteiger partial charge in [0.15, 0.2) is 0 Å². The number of benzene rings is 2. The Morgan fingerprint density at radius 2 is 1.79 bits per heavy atom. The quantitative estimate of drug-likeness (QED) is 0.747. The van der Waals surface area contributed by atoms with E-state index < -0.39 is 11.7 Å². The number of carbonyl (C=O) groups is 1. The Morgan fingerprint density at radius 1 is 1.07 bits per heavy atom. The van der Waals surface area contributed by atoms with Gasteiger partial charge in [-0.3, -0.25) is 9.69 Å². The summed E-state index contributed by atoms with van der Waals surface area (Å²) in [5.41, 5.74) is 2.35. The van der Waals surface area contributed by atoms with Crippen LogP contribution in [0.4, 0.5) is 13.2 Å². The van der Waals surface area contributed by atoms with Crippen LogP contribution in [0.25, 0.3) is 0 Å². The summed E-state index contributed by atoms with van der Waals surface area (Å²) in [6, 6.07) is 8.53. The zero-order valence-electron chi connectivity index (χ0n) is 16.6. The van der Waals surface area contributed by atoms with Crippen molar-refractivity contribution < 1.29 is 22.7 Å². The number of hydrogen-bond donors (Lipinski definition) is 0. The van der Waals surface area contributed by atoms with Crippen molar-refractivity contribution in [1.29, 1.82) is 0 Å². The highest BCUT2D eigenvalue weighted by Gasteiger charge is 2.40. The minimum atomic E-state index is -4.49. The van der Waals surface area contributed by atoms with Gasteiger partial charge in [0.1, 0.15) is 5.75 Å². The highest BCUT2D eigenvalue weighted by molar-refractivity contribution is 5.99. The van der Waals surface area contributed by atoms with E-state index in [4.69, 9.17) is 4.74 Å². The minimum Gasteiger partial charge on any atom is -0.497 e. The van der Waals surface area contributed by atoms with Gasteiger partial charge in [-0.25, -0.2) is 0 Å². The highest BCUT2D eigenvalue weighted by atomic mass is 19.4. The minimum absolute atomic E-state index is 0.00983. The lowest BCUT2D eigenvalue weighted by molar-refractivity contribution is -0.138. The second-order valence-corrected chi connectivity index (χ2v) is 7.97. The summed E-state index contributed by atoms with van der Waals surface area (Å²) in [4.78, 5) is 16.2. The van der Waals surface area contributed by atoms with Crippen LogP contribution in [0.3, 0.4) is 0 Å². The number of nitrogens with zero attached hydrogens (tertiary/aromatic N) is 2. The number of rotatable bonds is 4. The standard InChI is InChI=1S/C22H23F3N2O2/c1-13(2)27-12-19-18(21(27)28)6-14(7-20(19)22(23,24)25)9-26-10-15-4-5-17(29-3)8-16(15)11-26/h4-8,13H,9-12H2,1-3H3. The Kier molecular flexibility index (Phi) is 4.81. The molecule has 2 heterocycles. The van der Waals surface area contributed by atoms with Crippen LogP contribution in [-0.4, -0.2) is 28.9 Å². The molecule has 0 atom stereocenters. The number of alkyl halides is 3. The van der Waals surface area contributed by atoms with E-state index in [1.54, 1.807) is 13.2 Å². The molecule has 0 aromatic heterocycles. The van der Waals surface area contributed by atoms with E-state index in [0.29, 0.717) is 25.2 Å². The number of methoxy groups -OCH3 is 1. The molecular formula is C22H23F3N2O2. The lowest BCUT2D eigenvalue weighted by Crippen LogP contribution is -2.30. The molecule has 4 nitrogen and oxygen atoms in total. The molecule has 0 bridgehead atoms. The van der Waals surface area contributed by atoms with E-state index in [-0.39, 0.29) is 29.6 Å². The molecule has 29 heavy (non-hydrogen) atoms. The molecule has 2 aromatic rings. The predicted octanol–water partition coefficient (Wildman–Crippen LogP) is 4.59. The number of ether oxygens (including phenoxy) is 1. The molecule has 154 valence electrons. The summed E-state index contributed by atoms with van der Waals surface area (Å²) in [6.07, 6.45) is -4.49. The zero-order chi connectivity index (χ0) is 20.9. The molecule has 4 rings (SSSR count). The van der Waals surface area contributed by atoms with Crippen LogP contribution in [-0.2, 0) is 32.4 Å². The van der Waals surface area contributed by atoms with Gasteiger partial charge in [-0.05, 0) is 60.4 Å². The molecule has 0 N–H and O–H groups in total. The van der Waals surface area contributed by atoms with Crippen molar-refractivity contribution in [2.75, 3.05) is 7.11 Å². The molecular weight excluding hydrogens is 381 g/mol. The third-order valence-corrected chi connectivity index (χ3v) is 5.67. The number of amides is 1. The van der Waals surface area contributed by atoms with Crippen LogP contribution in [0, 0.1) is 0 Å². The largest absolute Gasteiger partial charge is 0.497 e. The van der Waals surface area contributed by atoms with E-state index in [0.717, 1.165) is 16.9 Å². The van der Waals surface area contributed by atoms with Crippen LogP contribution in [0.1, 0.15) is 52.0 Å². The summed E-state index contributed by atoms with van der Waals surface area (Å²) in [7, 11) is 1.61. The molecule has 0 radical (unpaired) electrons. The fourth-order valence-corrected chi connectivity index (χ4v) is 4.19. The Hall–Kier alpha value is -2.54. The van der Waals surface area contributed by atoms with Crippen molar-refractivity contribution in [3.05, 3.63) is 63.7 Å². The van der Waals surface area contributed by atoms with Crippen LogP contribution < -0.4 is 4.74 Å². The van der Waals surface area contributed by atoms with Gasteiger partial charge >= 0.3 is 6.18 Å². The van der Waals surface area contributed by atoms with Crippen molar-refractivity contribution in [3.8, 4) is 5.75 Å². The predicted molar refractivity (Wildman–Crippen MR) is 102 cm³/mol. The van der Waals surface area contributed by atoms with Crippen molar-refractivity contribution >= 4 is 5.91 Å². The SMILES string of the molecule is COc1ccc2c(c1)CN(Cc1cc3c(c(C(F)(F)F)c1)CN(C(C)C)C3=O)C2. The second kappa shape index (κ2) is 7.06. The van der Waals surface area contributed by atoms with Gasteiger partial charge in [0.25, 0.3) is 5.91 Å². The first-order valence-electron chi connectivity index (χ1n) is 9.59. The molecule has 2 aliphatic rings. The van der Waals surface area contributed by atoms with E-state index in [9.17, 15) is 18.0 Å². The first-order valence-corrected chi connectivity index (χ1v) is 9.59. The van der Waals surface area contributed by atoms with Gasteiger partial charge < -0.3 is 9.64 Å². The van der Waals surface area contributed by atoms with Gasteiger partial charge in [-0.1, -0.05) is 6.07 Å². The Morgan fingerprint density at radius 3 is 2.45 bits per heavy atom. The lowest BCUT2D eigenvalue weighted by atomic mass is 9.98. The maximum Gasteiger partial charge on any atom is 0.416 e. The zero-order valence-corrected chi connectivity index (χ0v) is 16.6. The lowest BCUT2D eigenvalue weighted by Gasteiger charge is -2.20. The molecule has 0 saturated carbocycles. The average molecular weight is 404 g/mol. The first kappa shape index (κ1) is 19.8. The van der Waals surface area contributed by atoms with Gasteiger partial charge in [-0.15, -0.1) is 0 Å². The van der Waals surface area contributed by atoms with Gasteiger partial charge in [-0.2, -0.15) is 13.2 Å². The molecule has 0 spiro atoms. The topological polar surface area (TPSA) is 32.8 Å². The maximum absolute atomic E-state index is 13.7. The van der Waals surface area contributed by atoms with Gasteiger partial charge in [0.05, 0.1) is 12.7 Å². The average Bonchev–Trinajstić information content (AvgIpc) is 3.20. The molecule has 0 fully saturated rings. The van der Waals surface area contributed by atoms with Crippen molar-refractivity contribution in [3.63, 3.8) is 0 Å². The van der Waals surface area contributed by atoms with E-state index in [2.05, 4.69) is 4.90 Å². The summed E-state index contributed by atoms with van der Waals surface area (Å²) in [5.74, 6) is 0.443. The Bertz CT molecular complexity index is 969. The number of fused-ring (bicyclic) bond motifs is 2. The molecule has 2 aromatic carbocycles. The highest BCUT2D eigenvalue weighted by Crippen LogP contribution is 2.39. The maximum atomic E-state index is 13.7. The molecule has 0 aliphatic carbocycles. The number of halogens is 3. The van der Waals surface area contributed by atoms with Crippen LogP contribution >= 0.6 is 0 Å². The molecule has 0 unspecified atom stereocenters. The summed E-state index contributed by atoms with van der Waals surface area (Å²) in [5, 5.41) is 0. The number of carbonyl (C=O) groups excluding carboxylic acids is 1. The van der Waals surface area contributed by atoms with Crippen LogP contribution in [0.2, 0.25) is 0 Å². The van der Waals surface area contributed by atoms with Crippen molar-refractivity contribution in [2.45, 2.75) is 52.2 Å². The van der Waals surface area contributed by atoms with Crippen LogP contribution in [0.5, 0.6) is 5.75 Å². The first-order chi connectivity index (χ1) is 13.7. The van der Waals surface area contributed by atoms with Crippen molar-refractivity contribution in [1.82, 2.24) is 9.80 Å². The Balaban J connectivity index is 1.64. The molecule has 7 heteroatoms. The second-order valence-electron chi connectivity index (χ2n) is 7.97. The fourth-order valence-electron chi connectivity index (χ4n) is 4.19. The fraction of sp³-hybridized carbons (Fsp3) is 0.409. The summed E-state index contributed by atoms with van der Waals surface area (Å²) < 4.78 is 46.5. The van der Waals surface area contributed by atoms with Crippen molar-refractivity contribution in [2.24, 2.45) is 0 Å². The van der Waals surface area contributed by atoms with E-state index in [1.165, 1.54) is 11.0 Å². The monoisotopic (exact) mass is 404 g/mol. The number of hydrogen-bond acceptors (Lipinski definition) is 3. The van der Waals surface area contributed by atoms with Crippen LogP contribution in [0.15, 0.2) is 30.3 Å². The van der Waals surface area contributed by atoms with E-state index >= 15 is 0 Å². The third kappa shape index (κ3) is 3.59. The summed E-state index contributed by atoms with van der Waals surface area (Å²) >= 11 is 0. The van der Waals surface area contributed by atoms with Gasteiger partial charge in [0, 0.05) is 37.8 Å². The molecule has 2 aliphatic heterocycles. The van der Waals surface area contributed by atoms with Gasteiger partial charge in [0.2, 0.25) is 0 Å².